The van der Waals surface area contributed by atoms with Gasteiger partial charge in [0.1, 0.15) is 6.04 Å². The Morgan fingerprint density at radius 1 is 1.37 bits per heavy atom. The Morgan fingerprint density at radius 2 is 2.00 bits per heavy atom. The molecule has 0 spiro atoms. The van der Waals surface area contributed by atoms with E-state index in [1.807, 2.05) is 0 Å². The van der Waals surface area contributed by atoms with Crippen molar-refractivity contribution in [1.82, 2.24) is 15.1 Å². The molecule has 1 aliphatic rings. The fourth-order valence-electron chi connectivity index (χ4n) is 2.19. The summed E-state index contributed by atoms with van der Waals surface area (Å²) in [6.07, 6.45) is 2.08. The van der Waals surface area contributed by atoms with Crippen molar-refractivity contribution in [2.75, 3.05) is 39.3 Å². The van der Waals surface area contributed by atoms with Gasteiger partial charge in [0.2, 0.25) is 11.8 Å². The fourth-order valence-corrected chi connectivity index (χ4v) is 2.19. The van der Waals surface area contributed by atoms with Crippen molar-refractivity contribution in [1.29, 1.82) is 0 Å². The molecule has 1 rings (SSSR count). The Balaban J connectivity index is 2.51. The summed E-state index contributed by atoms with van der Waals surface area (Å²) in [6, 6.07) is -0.514. The number of hydrogen-bond acceptors (Lipinski definition) is 4. The highest BCUT2D eigenvalue weighted by Crippen LogP contribution is 2.06. The van der Waals surface area contributed by atoms with Gasteiger partial charge in [-0.05, 0) is 6.42 Å². The lowest BCUT2D eigenvalue weighted by Gasteiger charge is -2.36. The molecule has 6 nitrogen and oxygen atoms in total. The molecule has 6 heteroatoms. The van der Waals surface area contributed by atoms with E-state index in [4.69, 9.17) is 5.11 Å². The molecule has 0 aliphatic carbocycles. The zero-order valence-corrected chi connectivity index (χ0v) is 11.5. The minimum absolute atomic E-state index is 0.0567. The maximum atomic E-state index is 12.3. The van der Waals surface area contributed by atoms with E-state index in [1.54, 1.807) is 11.0 Å². The third-order valence-corrected chi connectivity index (χ3v) is 3.18. The van der Waals surface area contributed by atoms with Gasteiger partial charge in [-0.2, -0.15) is 0 Å². The first kappa shape index (κ1) is 15.7. The number of carbonyl (C=O) groups is 2. The van der Waals surface area contributed by atoms with Crippen LogP contribution in [0, 0.1) is 0 Å². The maximum absolute atomic E-state index is 12.3. The van der Waals surface area contributed by atoms with Gasteiger partial charge in [-0.25, -0.2) is 0 Å². The van der Waals surface area contributed by atoms with E-state index in [0.29, 0.717) is 26.1 Å². The molecule has 0 aromatic carbocycles. The number of nitrogens with zero attached hydrogens (tertiary/aromatic N) is 2. The molecule has 2 amide bonds. The Hall–Kier alpha value is -1.40. The van der Waals surface area contributed by atoms with Crippen molar-refractivity contribution in [3.05, 3.63) is 12.7 Å². The SMILES string of the molecule is C=CC[C@@H](NC(C)=O)C(=O)N1CCN(CCO)CC1. The first-order valence-corrected chi connectivity index (χ1v) is 6.58. The van der Waals surface area contributed by atoms with Gasteiger partial charge >= 0.3 is 0 Å². The molecule has 1 atom stereocenters. The van der Waals surface area contributed by atoms with Crippen LogP contribution >= 0.6 is 0 Å². The molecule has 0 aromatic heterocycles. The van der Waals surface area contributed by atoms with Gasteiger partial charge in [0.25, 0.3) is 0 Å². The molecule has 1 fully saturated rings. The lowest BCUT2D eigenvalue weighted by molar-refractivity contribution is -0.137. The maximum Gasteiger partial charge on any atom is 0.245 e. The van der Waals surface area contributed by atoms with E-state index in [9.17, 15) is 9.59 Å². The van der Waals surface area contributed by atoms with Gasteiger partial charge in [-0.15, -0.1) is 6.58 Å². The molecule has 1 saturated heterocycles. The van der Waals surface area contributed by atoms with Crippen LogP contribution in [0.15, 0.2) is 12.7 Å². The van der Waals surface area contributed by atoms with Crippen LogP contribution in [0.25, 0.3) is 0 Å². The summed E-state index contributed by atoms with van der Waals surface area (Å²) in [6.45, 7) is 8.58. The molecule has 108 valence electrons. The first-order chi connectivity index (χ1) is 9.08. The summed E-state index contributed by atoms with van der Waals surface area (Å²) in [5.41, 5.74) is 0. The molecule has 0 saturated carbocycles. The second kappa shape index (κ2) is 7.91. The van der Waals surface area contributed by atoms with Crippen LogP contribution in [0.5, 0.6) is 0 Å². The Labute approximate surface area is 114 Å². The first-order valence-electron chi connectivity index (χ1n) is 6.58. The van der Waals surface area contributed by atoms with Gasteiger partial charge in [0.15, 0.2) is 0 Å². The van der Waals surface area contributed by atoms with Crippen LogP contribution in [0.4, 0.5) is 0 Å². The summed E-state index contributed by atoms with van der Waals surface area (Å²) in [5, 5.41) is 11.5. The second-order valence-corrected chi connectivity index (χ2v) is 4.67. The number of nitrogens with one attached hydrogen (secondary N) is 1. The molecule has 0 unspecified atom stereocenters. The third kappa shape index (κ3) is 5.00. The normalized spacial score (nSPS) is 17.9. The number of aliphatic hydroxyl groups excluding tert-OH is 1. The fraction of sp³-hybridized carbons (Fsp3) is 0.692. The van der Waals surface area contributed by atoms with Crippen LogP contribution in [0.3, 0.4) is 0 Å². The number of aliphatic hydroxyl groups is 1. The number of rotatable bonds is 6. The average Bonchev–Trinajstić information content (AvgIpc) is 2.38. The summed E-state index contributed by atoms with van der Waals surface area (Å²) in [7, 11) is 0. The van der Waals surface area contributed by atoms with Crippen LogP contribution in [-0.2, 0) is 9.59 Å². The molecule has 19 heavy (non-hydrogen) atoms. The van der Waals surface area contributed by atoms with Crippen molar-refractivity contribution in [3.63, 3.8) is 0 Å². The Kier molecular flexibility index (Phi) is 6.52. The highest BCUT2D eigenvalue weighted by molar-refractivity contribution is 5.87. The minimum Gasteiger partial charge on any atom is -0.395 e. The molecule has 0 aromatic rings. The van der Waals surface area contributed by atoms with Gasteiger partial charge in [-0.1, -0.05) is 6.08 Å². The largest absolute Gasteiger partial charge is 0.395 e. The van der Waals surface area contributed by atoms with E-state index in [2.05, 4.69) is 16.8 Å². The van der Waals surface area contributed by atoms with Crippen molar-refractivity contribution in [3.8, 4) is 0 Å². The molecule has 1 heterocycles. The van der Waals surface area contributed by atoms with Crippen LogP contribution in [0.2, 0.25) is 0 Å². The number of amides is 2. The summed E-state index contributed by atoms with van der Waals surface area (Å²) in [4.78, 5) is 27.3. The van der Waals surface area contributed by atoms with Crippen molar-refractivity contribution >= 4 is 11.8 Å². The van der Waals surface area contributed by atoms with Gasteiger partial charge in [-0.3, -0.25) is 14.5 Å². The topological polar surface area (TPSA) is 72.9 Å². The standard InChI is InChI=1S/C13H23N3O3/c1-3-4-12(14-11(2)18)13(19)16-7-5-15(6-8-16)9-10-17/h3,12,17H,1,4-10H2,2H3,(H,14,18)/t12-/m1/s1. The molecule has 1 aliphatic heterocycles. The number of hydrogen-bond donors (Lipinski definition) is 2. The Morgan fingerprint density at radius 3 is 2.47 bits per heavy atom. The lowest BCUT2D eigenvalue weighted by atomic mass is 10.1. The number of piperazine rings is 1. The summed E-state index contributed by atoms with van der Waals surface area (Å²) < 4.78 is 0. The highest BCUT2D eigenvalue weighted by Gasteiger charge is 2.26. The zero-order chi connectivity index (χ0) is 14.3. The molecular weight excluding hydrogens is 246 g/mol. The average molecular weight is 269 g/mol. The van der Waals surface area contributed by atoms with Crippen molar-refractivity contribution in [2.45, 2.75) is 19.4 Å². The monoisotopic (exact) mass is 269 g/mol. The molecular formula is C13H23N3O3. The highest BCUT2D eigenvalue weighted by atomic mass is 16.3. The van der Waals surface area contributed by atoms with Crippen molar-refractivity contribution in [2.24, 2.45) is 0 Å². The van der Waals surface area contributed by atoms with Gasteiger partial charge in [0.05, 0.1) is 6.61 Å². The predicted molar refractivity (Wildman–Crippen MR) is 72.5 cm³/mol. The Bertz CT molecular complexity index is 325. The van der Waals surface area contributed by atoms with Gasteiger partial charge < -0.3 is 15.3 Å². The number of β-amino-alcohol motifs (C(OH)–C–C–N with tert-alkyl or cyclic N) is 1. The molecule has 2 N–H and O–H groups in total. The second-order valence-electron chi connectivity index (χ2n) is 4.67. The zero-order valence-electron chi connectivity index (χ0n) is 11.5. The summed E-state index contributed by atoms with van der Waals surface area (Å²) in [5.74, 6) is -0.266. The van der Waals surface area contributed by atoms with Gasteiger partial charge in [0, 0.05) is 39.6 Å². The van der Waals surface area contributed by atoms with E-state index in [-0.39, 0.29) is 18.4 Å². The summed E-state index contributed by atoms with van der Waals surface area (Å²) >= 11 is 0. The lowest BCUT2D eigenvalue weighted by Crippen LogP contribution is -2.54. The van der Waals surface area contributed by atoms with Crippen LogP contribution in [-0.4, -0.2) is 72.1 Å². The van der Waals surface area contributed by atoms with E-state index in [1.165, 1.54) is 6.92 Å². The third-order valence-electron chi connectivity index (χ3n) is 3.18. The van der Waals surface area contributed by atoms with Crippen LogP contribution in [0.1, 0.15) is 13.3 Å². The predicted octanol–water partition coefficient (Wildman–Crippen LogP) is -0.796. The van der Waals surface area contributed by atoms with E-state index >= 15 is 0 Å². The molecule has 0 bridgehead atoms. The quantitative estimate of drug-likeness (QED) is 0.620. The minimum atomic E-state index is -0.514. The number of carbonyl (C=O) groups excluding carboxylic acids is 2. The molecule has 0 radical (unpaired) electrons. The smallest absolute Gasteiger partial charge is 0.245 e. The van der Waals surface area contributed by atoms with Crippen molar-refractivity contribution < 1.29 is 14.7 Å². The van der Waals surface area contributed by atoms with Crippen LogP contribution < -0.4 is 5.32 Å². The van der Waals surface area contributed by atoms with E-state index < -0.39 is 6.04 Å². The van der Waals surface area contributed by atoms with E-state index in [0.717, 1.165) is 13.1 Å².